The van der Waals surface area contributed by atoms with E-state index in [9.17, 15) is 0 Å². The quantitative estimate of drug-likeness (QED) is 0.453. The molecule has 0 bridgehead atoms. The maximum absolute atomic E-state index is 5.88. The summed E-state index contributed by atoms with van der Waals surface area (Å²) in [6, 6.07) is 11.2. The number of furan rings is 2. The van der Waals surface area contributed by atoms with Crippen LogP contribution in [0.5, 0.6) is 0 Å². The number of nitrogens with zero attached hydrogens (tertiary/aromatic N) is 4. The van der Waals surface area contributed by atoms with Crippen LogP contribution in [0.3, 0.4) is 0 Å². The van der Waals surface area contributed by atoms with Crippen molar-refractivity contribution in [2.45, 2.75) is 10.2 Å². The minimum atomic E-state index is 0.317. The molecule has 0 fully saturated rings. The van der Waals surface area contributed by atoms with Gasteiger partial charge < -0.3 is 13.3 Å². The summed E-state index contributed by atoms with van der Waals surface area (Å²) in [6.45, 7) is 0. The van der Waals surface area contributed by atoms with Gasteiger partial charge in [0, 0.05) is 5.39 Å². The highest BCUT2D eigenvalue weighted by Crippen LogP contribution is 2.35. The van der Waals surface area contributed by atoms with Crippen LogP contribution >= 0.6 is 11.8 Å². The maximum Gasteiger partial charge on any atom is 0.284 e. The lowest BCUT2D eigenvalue weighted by Gasteiger charge is -1.95. The molecule has 116 valence electrons. The Balaban J connectivity index is 1.57. The summed E-state index contributed by atoms with van der Waals surface area (Å²) in [6.07, 6.45) is 3.05. The molecule has 24 heavy (non-hydrogen) atoms. The number of para-hydroxylation sites is 1. The van der Waals surface area contributed by atoms with Gasteiger partial charge in [0.25, 0.3) is 11.1 Å². The molecule has 0 spiro atoms. The summed E-state index contributed by atoms with van der Waals surface area (Å²) >= 11 is 1.22. The first-order chi connectivity index (χ1) is 11.9. The number of benzene rings is 1. The summed E-state index contributed by atoms with van der Waals surface area (Å²) < 4.78 is 16.7. The van der Waals surface area contributed by atoms with Crippen molar-refractivity contribution in [3.8, 4) is 11.7 Å². The zero-order valence-electron chi connectivity index (χ0n) is 12.0. The molecule has 0 amide bonds. The second kappa shape index (κ2) is 5.20. The first-order valence-electron chi connectivity index (χ1n) is 7.06. The number of hydrogen-bond acceptors (Lipinski definition) is 8. The van der Waals surface area contributed by atoms with Gasteiger partial charge in [0.1, 0.15) is 17.4 Å². The van der Waals surface area contributed by atoms with Crippen molar-refractivity contribution in [1.29, 1.82) is 0 Å². The van der Waals surface area contributed by atoms with Gasteiger partial charge in [-0.3, -0.25) is 0 Å². The molecule has 8 heteroatoms. The first kappa shape index (κ1) is 13.3. The highest BCUT2D eigenvalue weighted by Gasteiger charge is 2.17. The molecule has 5 rings (SSSR count). The Labute approximate surface area is 138 Å². The monoisotopic (exact) mass is 336 g/mol. The van der Waals surface area contributed by atoms with Crippen LogP contribution in [0.25, 0.3) is 33.7 Å². The zero-order valence-corrected chi connectivity index (χ0v) is 12.9. The number of rotatable bonds is 3. The van der Waals surface area contributed by atoms with E-state index in [1.807, 2.05) is 24.3 Å². The van der Waals surface area contributed by atoms with Gasteiger partial charge in [-0.25, -0.2) is 9.97 Å². The molecule has 0 aliphatic heterocycles. The minimum Gasteiger partial charge on any atom is -0.459 e. The average molecular weight is 336 g/mol. The van der Waals surface area contributed by atoms with Crippen LogP contribution in [0.4, 0.5) is 0 Å². The normalized spacial score (nSPS) is 11.5. The van der Waals surface area contributed by atoms with E-state index in [-0.39, 0.29) is 0 Å². The van der Waals surface area contributed by atoms with E-state index >= 15 is 0 Å². The Morgan fingerprint density at radius 1 is 0.917 bits per heavy atom. The van der Waals surface area contributed by atoms with Gasteiger partial charge in [0.2, 0.25) is 0 Å². The number of hydrogen-bond donors (Lipinski definition) is 0. The third-order valence-electron chi connectivity index (χ3n) is 3.45. The van der Waals surface area contributed by atoms with Crippen LogP contribution in [0.2, 0.25) is 0 Å². The largest absolute Gasteiger partial charge is 0.459 e. The van der Waals surface area contributed by atoms with Crippen LogP contribution in [-0.2, 0) is 0 Å². The van der Waals surface area contributed by atoms with Crippen molar-refractivity contribution in [1.82, 2.24) is 20.2 Å². The predicted molar refractivity (Wildman–Crippen MR) is 85.4 cm³/mol. The lowest BCUT2D eigenvalue weighted by atomic mass is 10.2. The molecule has 0 radical (unpaired) electrons. The zero-order chi connectivity index (χ0) is 15.9. The lowest BCUT2D eigenvalue weighted by Crippen LogP contribution is -1.84. The molecule has 4 heterocycles. The SMILES string of the molecule is c1coc(-c2nnc(Sc3ncnc4c3oc3ccccc34)o2)c1. The molecule has 0 N–H and O–H groups in total. The van der Waals surface area contributed by atoms with Gasteiger partial charge in [0.05, 0.1) is 6.26 Å². The van der Waals surface area contributed by atoms with Crippen molar-refractivity contribution >= 4 is 33.8 Å². The van der Waals surface area contributed by atoms with Gasteiger partial charge in [-0.15, -0.1) is 10.2 Å². The Bertz CT molecular complexity index is 1150. The summed E-state index contributed by atoms with van der Waals surface area (Å²) in [4.78, 5) is 8.59. The van der Waals surface area contributed by atoms with Crippen LogP contribution < -0.4 is 0 Å². The maximum atomic E-state index is 5.88. The Hall–Kier alpha value is -3.13. The minimum absolute atomic E-state index is 0.317. The van der Waals surface area contributed by atoms with Gasteiger partial charge in [0.15, 0.2) is 16.4 Å². The van der Waals surface area contributed by atoms with Crippen LogP contribution in [0, 0.1) is 0 Å². The summed E-state index contributed by atoms with van der Waals surface area (Å²) in [5.74, 6) is 0.836. The molecule has 4 aromatic heterocycles. The molecule has 7 nitrogen and oxygen atoms in total. The highest BCUT2D eigenvalue weighted by atomic mass is 32.2. The van der Waals surface area contributed by atoms with E-state index in [0.29, 0.717) is 27.5 Å². The van der Waals surface area contributed by atoms with E-state index in [1.54, 1.807) is 18.4 Å². The Morgan fingerprint density at radius 2 is 1.88 bits per heavy atom. The summed E-state index contributed by atoms with van der Waals surface area (Å²) in [5.41, 5.74) is 2.12. The van der Waals surface area contributed by atoms with Crippen molar-refractivity contribution in [2.75, 3.05) is 0 Å². The second-order valence-electron chi connectivity index (χ2n) is 4.91. The Kier molecular flexibility index (Phi) is 2.89. The van der Waals surface area contributed by atoms with Gasteiger partial charge in [-0.2, -0.15) is 0 Å². The van der Waals surface area contributed by atoms with Crippen molar-refractivity contribution in [2.24, 2.45) is 0 Å². The summed E-state index contributed by atoms with van der Waals surface area (Å²) in [7, 11) is 0. The molecule has 5 aromatic rings. The second-order valence-corrected chi connectivity index (χ2v) is 5.85. The van der Waals surface area contributed by atoms with Crippen molar-refractivity contribution in [3.05, 3.63) is 49.0 Å². The first-order valence-corrected chi connectivity index (χ1v) is 7.87. The predicted octanol–water partition coefficient (Wildman–Crippen LogP) is 4.17. The van der Waals surface area contributed by atoms with Gasteiger partial charge in [-0.1, -0.05) is 12.1 Å². The van der Waals surface area contributed by atoms with Crippen molar-refractivity contribution in [3.63, 3.8) is 0 Å². The fourth-order valence-electron chi connectivity index (χ4n) is 2.41. The highest BCUT2D eigenvalue weighted by molar-refractivity contribution is 7.99. The van der Waals surface area contributed by atoms with E-state index in [2.05, 4.69) is 20.2 Å². The number of aromatic nitrogens is 4. The molecule has 0 atom stereocenters. The standard InChI is InChI=1S/C16H8N4O3S/c1-2-5-10-9(4-1)12-13(22-10)15(18-8-17-12)24-16-20-19-14(23-16)11-6-3-7-21-11/h1-8H. The van der Waals surface area contributed by atoms with E-state index < -0.39 is 0 Å². The smallest absolute Gasteiger partial charge is 0.284 e. The van der Waals surface area contributed by atoms with Crippen LogP contribution in [-0.4, -0.2) is 20.2 Å². The summed E-state index contributed by atoms with van der Waals surface area (Å²) in [5, 5.41) is 9.89. The van der Waals surface area contributed by atoms with Gasteiger partial charge >= 0.3 is 0 Å². The third kappa shape index (κ3) is 2.08. The molecule has 0 unspecified atom stereocenters. The molecule has 0 saturated heterocycles. The molecule has 0 aliphatic rings. The van der Waals surface area contributed by atoms with Crippen LogP contribution in [0.1, 0.15) is 0 Å². The fraction of sp³-hybridized carbons (Fsp3) is 0. The lowest BCUT2D eigenvalue weighted by molar-refractivity contribution is 0.447. The third-order valence-corrected chi connectivity index (χ3v) is 4.27. The Morgan fingerprint density at radius 3 is 2.79 bits per heavy atom. The van der Waals surface area contributed by atoms with E-state index in [0.717, 1.165) is 16.5 Å². The average Bonchev–Trinajstić information content (AvgIpc) is 3.34. The molecular formula is C16H8N4O3S. The molecule has 1 aromatic carbocycles. The molecule has 0 saturated carbocycles. The van der Waals surface area contributed by atoms with E-state index in [4.69, 9.17) is 13.3 Å². The molecular weight excluding hydrogens is 328 g/mol. The topological polar surface area (TPSA) is 91.0 Å². The number of fused-ring (bicyclic) bond motifs is 3. The van der Waals surface area contributed by atoms with Crippen molar-refractivity contribution < 1.29 is 13.3 Å². The van der Waals surface area contributed by atoms with Gasteiger partial charge in [-0.05, 0) is 36.0 Å². The van der Waals surface area contributed by atoms with Crippen LogP contribution in [0.15, 0.2) is 72.5 Å². The van der Waals surface area contributed by atoms with E-state index in [1.165, 1.54) is 18.1 Å². The fourth-order valence-corrected chi connectivity index (χ4v) is 3.11. The molecule has 0 aliphatic carbocycles.